The van der Waals surface area contributed by atoms with E-state index in [0.29, 0.717) is 12.8 Å². The highest BCUT2D eigenvalue weighted by Gasteiger charge is 2.34. The Morgan fingerprint density at radius 2 is 1.27 bits per heavy atom. The lowest BCUT2D eigenvalue weighted by Crippen LogP contribution is -2.40. The van der Waals surface area contributed by atoms with E-state index in [-0.39, 0.29) is 32.6 Å². The number of hydrogen-bond donors (Lipinski definition) is 0. The number of carbonyl (C=O) groups is 2. The summed E-state index contributed by atoms with van der Waals surface area (Å²) in [6.45, 7) is 2.91. The second-order valence-electron chi connectivity index (χ2n) is 8.94. The first-order chi connectivity index (χ1) is 19.4. The number of phosphoric ester groups is 1. The number of unbranched alkanes of at least 4 members (excludes halogenated alkanes) is 2. The predicted octanol–water partition coefficient (Wildman–Crippen LogP) is 7.06. The number of carbonyl (C=O) groups excluding carboxylic acids is 2. The van der Waals surface area contributed by atoms with Gasteiger partial charge in [-0.1, -0.05) is 92.5 Å². The molecule has 0 saturated heterocycles. The Bertz CT molecular complexity index is 1070. The molecule has 0 fully saturated rings. The van der Waals surface area contributed by atoms with Gasteiger partial charge in [0.25, 0.3) is 0 Å². The molecule has 0 spiro atoms. The molecular weight excluding hydrogens is 537 g/mol. The van der Waals surface area contributed by atoms with Gasteiger partial charge in [0.15, 0.2) is 6.10 Å². The number of ether oxygens (including phenoxy) is 2. The second kappa shape index (κ2) is 19.0. The van der Waals surface area contributed by atoms with Gasteiger partial charge >= 0.3 is 19.8 Å². The van der Waals surface area contributed by atoms with Gasteiger partial charge in [0.1, 0.15) is 6.10 Å². The van der Waals surface area contributed by atoms with Gasteiger partial charge in [0.2, 0.25) is 0 Å². The third kappa shape index (κ3) is 13.2. The van der Waals surface area contributed by atoms with E-state index in [0.717, 1.165) is 24.0 Å². The third-order valence-electron chi connectivity index (χ3n) is 5.64. The van der Waals surface area contributed by atoms with Crippen LogP contribution in [0.5, 0.6) is 0 Å². The molecule has 0 amide bonds. The SMILES string of the molecule is CCCCC(=O)O[C@@H](CN=[N+]=[N-])[C@H](COP(=O)(OCc1ccccc1)OCc1ccccc1)OC(=O)CCCC. The van der Waals surface area contributed by atoms with E-state index in [9.17, 15) is 14.2 Å². The molecule has 0 radical (unpaired) electrons. The fourth-order valence-corrected chi connectivity index (χ4v) is 4.56. The van der Waals surface area contributed by atoms with Crippen LogP contribution in [0.1, 0.15) is 63.5 Å². The largest absolute Gasteiger partial charge is 0.475 e. The summed E-state index contributed by atoms with van der Waals surface area (Å²) in [6.07, 6.45) is 0.590. The van der Waals surface area contributed by atoms with Gasteiger partial charge in [-0.2, -0.15) is 0 Å². The normalized spacial score (nSPS) is 12.7. The lowest BCUT2D eigenvalue weighted by Gasteiger charge is -2.27. The second-order valence-corrected chi connectivity index (χ2v) is 10.6. The van der Waals surface area contributed by atoms with Crippen LogP contribution in [0, 0.1) is 0 Å². The van der Waals surface area contributed by atoms with Crippen LogP contribution >= 0.6 is 7.82 Å². The summed E-state index contributed by atoms with van der Waals surface area (Å²) in [5, 5.41) is 3.52. The highest BCUT2D eigenvalue weighted by Crippen LogP contribution is 2.51. The highest BCUT2D eigenvalue weighted by molar-refractivity contribution is 7.48. The van der Waals surface area contributed by atoms with Crippen molar-refractivity contribution in [2.45, 2.75) is 77.8 Å². The van der Waals surface area contributed by atoms with Gasteiger partial charge < -0.3 is 9.47 Å². The van der Waals surface area contributed by atoms with Gasteiger partial charge in [-0.25, -0.2) is 4.57 Å². The van der Waals surface area contributed by atoms with Crippen LogP contribution in [0.3, 0.4) is 0 Å². The molecule has 0 N–H and O–H groups in total. The predicted molar refractivity (Wildman–Crippen MR) is 149 cm³/mol. The first-order valence-electron chi connectivity index (χ1n) is 13.4. The summed E-state index contributed by atoms with van der Waals surface area (Å²) >= 11 is 0. The molecular formula is C28H38N3O8P. The fraction of sp³-hybridized carbons (Fsp3) is 0.500. The average Bonchev–Trinajstić information content (AvgIpc) is 2.98. The summed E-state index contributed by atoms with van der Waals surface area (Å²) in [5.41, 5.74) is 10.4. The van der Waals surface area contributed by atoms with Crippen molar-refractivity contribution in [1.29, 1.82) is 0 Å². The van der Waals surface area contributed by atoms with E-state index < -0.39 is 38.6 Å². The molecule has 0 aliphatic carbocycles. The standard InChI is InChI=1S/C28H38N3O8P/c1-3-5-17-27(32)38-25(19-30-31-29)26(39-28(33)18-6-4-2)22-37-40(34,35-20-23-13-9-7-10-14-23)36-21-24-15-11-8-12-16-24/h7-16,25-26H,3-6,17-22H2,1-2H3/t25-,26-/m0/s1. The topological polar surface area (TPSA) is 146 Å². The van der Waals surface area contributed by atoms with Crippen LogP contribution in [-0.4, -0.2) is 37.3 Å². The molecule has 2 aromatic rings. The molecule has 0 heterocycles. The Kier molecular flexibility index (Phi) is 15.7. The van der Waals surface area contributed by atoms with Crippen molar-refractivity contribution in [2.75, 3.05) is 13.2 Å². The molecule has 11 nitrogen and oxygen atoms in total. The van der Waals surface area contributed by atoms with Crippen molar-refractivity contribution in [1.82, 2.24) is 0 Å². The number of phosphoric acid groups is 1. The molecule has 2 atom stereocenters. The number of benzene rings is 2. The lowest BCUT2D eigenvalue weighted by atomic mass is 10.2. The van der Waals surface area contributed by atoms with Crippen molar-refractivity contribution in [3.63, 3.8) is 0 Å². The minimum Gasteiger partial charge on any atom is -0.458 e. The Morgan fingerprint density at radius 3 is 1.73 bits per heavy atom. The van der Waals surface area contributed by atoms with Gasteiger partial charge in [0, 0.05) is 17.8 Å². The summed E-state index contributed by atoms with van der Waals surface area (Å²) in [4.78, 5) is 27.7. The molecule has 2 aromatic carbocycles. The number of esters is 2. The maximum Gasteiger partial charge on any atom is 0.475 e. The van der Waals surface area contributed by atoms with E-state index in [1.165, 1.54) is 0 Å². The molecule has 0 bridgehead atoms. The Hall–Kier alpha value is -3.20. The smallest absolute Gasteiger partial charge is 0.458 e. The van der Waals surface area contributed by atoms with Crippen molar-refractivity contribution >= 4 is 19.8 Å². The van der Waals surface area contributed by atoms with Gasteiger partial charge in [-0.05, 0) is 29.5 Å². The van der Waals surface area contributed by atoms with Crippen LogP contribution in [0.25, 0.3) is 10.4 Å². The fourth-order valence-electron chi connectivity index (χ4n) is 3.39. The number of azide groups is 1. The first kappa shape index (κ1) is 33.0. The minimum atomic E-state index is -4.22. The zero-order valence-electron chi connectivity index (χ0n) is 23.1. The summed E-state index contributed by atoms with van der Waals surface area (Å²) < 4.78 is 41.8. The lowest BCUT2D eigenvalue weighted by molar-refractivity contribution is -0.170. The quantitative estimate of drug-likeness (QED) is 0.0536. The van der Waals surface area contributed by atoms with Gasteiger partial charge in [-0.3, -0.25) is 23.2 Å². The van der Waals surface area contributed by atoms with Gasteiger partial charge in [0.05, 0.1) is 26.4 Å². The van der Waals surface area contributed by atoms with E-state index in [1.54, 1.807) is 24.3 Å². The average molecular weight is 576 g/mol. The molecule has 40 heavy (non-hydrogen) atoms. The van der Waals surface area contributed by atoms with Crippen LogP contribution in [0.2, 0.25) is 0 Å². The summed E-state index contributed by atoms with van der Waals surface area (Å²) in [5.74, 6) is -1.10. The highest BCUT2D eigenvalue weighted by atomic mass is 31.2. The van der Waals surface area contributed by atoms with Crippen molar-refractivity contribution in [2.24, 2.45) is 5.11 Å². The third-order valence-corrected chi connectivity index (χ3v) is 6.99. The molecule has 0 aromatic heterocycles. The Balaban J connectivity index is 2.25. The van der Waals surface area contributed by atoms with Gasteiger partial charge in [-0.15, -0.1) is 0 Å². The summed E-state index contributed by atoms with van der Waals surface area (Å²) in [7, 11) is -4.22. The van der Waals surface area contributed by atoms with Crippen molar-refractivity contribution in [3.05, 3.63) is 82.2 Å². The van der Waals surface area contributed by atoms with E-state index in [4.69, 9.17) is 28.6 Å². The molecule has 0 unspecified atom stereocenters. The maximum atomic E-state index is 13.7. The zero-order chi connectivity index (χ0) is 29.1. The van der Waals surface area contributed by atoms with Crippen LogP contribution < -0.4 is 0 Å². The van der Waals surface area contributed by atoms with Crippen molar-refractivity contribution in [3.8, 4) is 0 Å². The minimum absolute atomic E-state index is 0.0674. The van der Waals surface area contributed by atoms with Crippen LogP contribution in [0.4, 0.5) is 0 Å². The molecule has 12 heteroatoms. The van der Waals surface area contributed by atoms with E-state index in [1.807, 2.05) is 50.2 Å². The van der Waals surface area contributed by atoms with Crippen LogP contribution in [-0.2, 0) is 50.4 Å². The molecule has 0 saturated carbocycles. The molecule has 0 aliphatic rings. The Morgan fingerprint density at radius 1 is 0.800 bits per heavy atom. The van der Waals surface area contributed by atoms with Crippen LogP contribution in [0.15, 0.2) is 65.8 Å². The Labute approximate surface area is 235 Å². The van der Waals surface area contributed by atoms with E-state index in [2.05, 4.69) is 10.0 Å². The van der Waals surface area contributed by atoms with Crippen molar-refractivity contribution < 1.29 is 37.2 Å². The monoisotopic (exact) mass is 575 g/mol. The zero-order valence-corrected chi connectivity index (χ0v) is 23.9. The first-order valence-corrected chi connectivity index (χ1v) is 14.9. The van der Waals surface area contributed by atoms with E-state index >= 15 is 0 Å². The summed E-state index contributed by atoms with van der Waals surface area (Å²) in [6, 6.07) is 18.1. The molecule has 218 valence electrons. The molecule has 0 aliphatic heterocycles. The molecule has 2 rings (SSSR count). The number of rotatable bonds is 20. The number of nitrogens with zero attached hydrogens (tertiary/aromatic N) is 3. The number of hydrogen-bond acceptors (Lipinski definition) is 9. The maximum absolute atomic E-state index is 13.7.